The molecule has 34 heavy (non-hydrogen) atoms. The van der Waals surface area contributed by atoms with E-state index in [1.807, 2.05) is 37.3 Å². The summed E-state index contributed by atoms with van der Waals surface area (Å²) in [6.45, 7) is 9.63. The summed E-state index contributed by atoms with van der Waals surface area (Å²) in [5.74, 6) is -1.14. The first-order valence-corrected chi connectivity index (χ1v) is 11.9. The molecular weight excluding hydrogens is 438 g/mol. The molecule has 1 aromatic rings. The van der Waals surface area contributed by atoms with Gasteiger partial charge >= 0.3 is 18.0 Å². The van der Waals surface area contributed by atoms with E-state index in [9.17, 15) is 14.4 Å². The third-order valence-corrected chi connectivity index (χ3v) is 5.11. The number of rotatable bonds is 14. The summed E-state index contributed by atoms with van der Waals surface area (Å²) < 4.78 is 21.5. The van der Waals surface area contributed by atoms with Crippen LogP contribution in [0, 0.1) is 5.92 Å². The number of esters is 2. The summed E-state index contributed by atoms with van der Waals surface area (Å²) in [7, 11) is 1.51. The third-order valence-electron chi connectivity index (χ3n) is 5.11. The molecule has 0 aliphatic rings. The number of carbonyl (C=O) groups excluding carboxylic acids is 3. The summed E-state index contributed by atoms with van der Waals surface area (Å²) in [5, 5.41) is 2.56. The fraction of sp³-hybridized carbons (Fsp3) is 0.654. The van der Waals surface area contributed by atoms with E-state index in [-0.39, 0.29) is 32.0 Å². The fourth-order valence-corrected chi connectivity index (χ4v) is 3.20. The topological polar surface area (TPSA) is 100 Å². The van der Waals surface area contributed by atoms with Crippen molar-refractivity contribution in [2.24, 2.45) is 5.92 Å². The standard InChI is InChI=1S/C26H41NO7/c1-7-8-12-19(2)22(17-23(28)32-18-20-13-10-9-11-14-20)33-24(29)21(15-16-31-6)27-25(30)34-26(3,4)5/h9-11,13-14,19,21-22H,7-8,12,15-18H2,1-6H3,(H,27,30)/t19-,21-,22-/m0/s1. The number of carbonyl (C=O) groups is 3. The molecule has 0 heterocycles. The molecule has 0 saturated carbocycles. The number of alkyl carbamates (subject to hydrolysis) is 1. The van der Waals surface area contributed by atoms with Crippen LogP contribution in [0.3, 0.4) is 0 Å². The third kappa shape index (κ3) is 12.6. The number of hydrogen-bond donors (Lipinski definition) is 1. The van der Waals surface area contributed by atoms with Crippen LogP contribution in [0.5, 0.6) is 0 Å². The van der Waals surface area contributed by atoms with E-state index in [1.54, 1.807) is 20.8 Å². The molecule has 0 aliphatic carbocycles. The van der Waals surface area contributed by atoms with Gasteiger partial charge in [0.1, 0.15) is 24.4 Å². The van der Waals surface area contributed by atoms with Gasteiger partial charge in [0.2, 0.25) is 0 Å². The van der Waals surface area contributed by atoms with Crippen LogP contribution in [-0.4, -0.2) is 49.5 Å². The molecule has 0 bridgehead atoms. The highest BCUT2D eigenvalue weighted by molar-refractivity contribution is 5.82. The Morgan fingerprint density at radius 2 is 1.74 bits per heavy atom. The lowest BCUT2D eigenvalue weighted by Crippen LogP contribution is -2.46. The SMILES string of the molecule is CCCC[C@H](C)[C@H](CC(=O)OCc1ccccc1)OC(=O)[C@H](CCOC)NC(=O)OC(C)(C)C. The van der Waals surface area contributed by atoms with Crippen molar-refractivity contribution in [1.82, 2.24) is 5.32 Å². The van der Waals surface area contributed by atoms with Crippen LogP contribution in [-0.2, 0) is 35.1 Å². The quantitative estimate of drug-likeness (QED) is 0.302. The van der Waals surface area contributed by atoms with Crippen LogP contribution in [0.1, 0.15) is 72.3 Å². The molecule has 0 spiro atoms. The molecule has 0 aromatic heterocycles. The second-order valence-corrected chi connectivity index (χ2v) is 9.43. The fourth-order valence-electron chi connectivity index (χ4n) is 3.20. The van der Waals surface area contributed by atoms with E-state index in [2.05, 4.69) is 12.2 Å². The lowest BCUT2D eigenvalue weighted by molar-refractivity contribution is -0.160. The Labute approximate surface area is 203 Å². The molecule has 3 atom stereocenters. The molecule has 192 valence electrons. The Bertz CT molecular complexity index is 745. The number of hydrogen-bond acceptors (Lipinski definition) is 7. The maximum Gasteiger partial charge on any atom is 0.408 e. The van der Waals surface area contributed by atoms with Crippen molar-refractivity contribution in [3.8, 4) is 0 Å². The van der Waals surface area contributed by atoms with Gasteiger partial charge in [-0.2, -0.15) is 0 Å². The van der Waals surface area contributed by atoms with Crippen LogP contribution in [0.4, 0.5) is 4.79 Å². The van der Waals surface area contributed by atoms with Crippen molar-refractivity contribution in [3.05, 3.63) is 35.9 Å². The highest BCUT2D eigenvalue weighted by Gasteiger charge is 2.31. The molecule has 1 aromatic carbocycles. The predicted molar refractivity (Wildman–Crippen MR) is 129 cm³/mol. The molecule has 8 heteroatoms. The van der Waals surface area contributed by atoms with E-state index in [0.29, 0.717) is 0 Å². The summed E-state index contributed by atoms with van der Waals surface area (Å²) in [4.78, 5) is 37.8. The number of methoxy groups -OCH3 is 1. The van der Waals surface area contributed by atoms with Crippen molar-refractivity contribution in [1.29, 1.82) is 0 Å². The smallest absolute Gasteiger partial charge is 0.408 e. The second-order valence-electron chi connectivity index (χ2n) is 9.43. The van der Waals surface area contributed by atoms with Gasteiger partial charge in [0, 0.05) is 20.1 Å². The number of unbranched alkanes of at least 4 members (excludes halogenated alkanes) is 1. The molecule has 8 nitrogen and oxygen atoms in total. The summed E-state index contributed by atoms with van der Waals surface area (Å²) in [6.07, 6.45) is 1.48. The maximum absolute atomic E-state index is 13.0. The van der Waals surface area contributed by atoms with Crippen molar-refractivity contribution in [2.75, 3.05) is 13.7 Å². The van der Waals surface area contributed by atoms with Gasteiger partial charge in [0.05, 0.1) is 6.42 Å². The van der Waals surface area contributed by atoms with E-state index in [0.717, 1.165) is 24.8 Å². The predicted octanol–water partition coefficient (Wildman–Crippen LogP) is 4.79. The van der Waals surface area contributed by atoms with Crippen molar-refractivity contribution in [3.63, 3.8) is 0 Å². The van der Waals surface area contributed by atoms with Crippen molar-refractivity contribution >= 4 is 18.0 Å². The van der Waals surface area contributed by atoms with Gasteiger partial charge in [-0.15, -0.1) is 0 Å². The zero-order valence-corrected chi connectivity index (χ0v) is 21.4. The summed E-state index contributed by atoms with van der Waals surface area (Å²) in [5.41, 5.74) is 0.170. The molecule has 0 saturated heterocycles. The van der Waals surface area contributed by atoms with Crippen LogP contribution in [0.2, 0.25) is 0 Å². The van der Waals surface area contributed by atoms with Crippen LogP contribution < -0.4 is 5.32 Å². The Morgan fingerprint density at radius 1 is 1.06 bits per heavy atom. The average Bonchev–Trinajstić information content (AvgIpc) is 2.77. The minimum Gasteiger partial charge on any atom is -0.461 e. The Balaban J connectivity index is 2.84. The second kappa shape index (κ2) is 15.3. The molecular formula is C26H41NO7. The zero-order chi connectivity index (χ0) is 25.6. The molecule has 1 amide bonds. The first-order chi connectivity index (χ1) is 16.1. The molecule has 1 N–H and O–H groups in total. The largest absolute Gasteiger partial charge is 0.461 e. The van der Waals surface area contributed by atoms with Gasteiger partial charge in [0.15, 0.2) is 0 Å². The number of amides is 1. The van der Waals surface area contributed by atoms with Crippen LogP contribution in [0.15, 0.2) is 30.3 Å². The molecule has 0 fully saturated rings. The van der Waals surface area contributed by atoms with Crippen LogP contribution in [0.25, 0.3) is 0 Å². The zero-order valence-electron chi connectivity index (χ0n) is 21.4. The minimum atomic E-state index is -0.962. The number of benzene rings is 1. The molecule has 0 aliphatic heterocycles. The number of nitrogens with one attached hydrogen (secondary N) is 1. The van der Waals surface area contributed by atoms with E-state index < -0.39 is 35.8 Å². The van der Waals surface area contributed by atoms with Gasteiger partial charge in [-0.3, -0.25) is 4.79 Å². The highest BCUT2D eigenvalue weighted by atomic mass is 16.6. The Kier molecular flexibility index (Phi) is 13.3. The average molecular weight is 480 g/mol. The minimum absolute atomic E-state index is 0.0576. The normalized spacial score (nSPS) is 13.9. The van der Waals surface area contributed by atoms with Gasteiger partial charge in [-0.25, -0.2) is 9.59 Å². The maximum atomic E-state index is 13.0. The molecule has 1 rings (SSSR count). The van der Waals surface area contributed by atoms with Gasteiger partial charge in [-0.05, 0) is 38.7 Å². The van der Waals surface area contributed by atoms with Crippen molar-refractivity contribution < 1.29 is 33.3 Å². The van der Waals surface area contributed by atoms with Gasteiger partial charge in [-0.1, -0.05) is 57.0 Å². The number of ether oxygens (including phenoxy) is 4. The lowest BCUT2D eigenvalue weighted by atomic mass is 9.95. The van der Waals surface area contributed by atoms with E-state index in [4.69, 9.17) is 18.9 Å². The molecule has 0 radical (unpaired) electrons. The first kappa shape index (κ1) is 29.4. The summed E-state index contributed by atoms with van der Waals surface area (Å²) >= 11 is 0. The Morgan fingerprint density at radius 3 is 2.32 bits per heavy atom. The van der Waals surface area contributed by atoms with E-state index >= 15 is 0 Å². The van der Waals surface area contributed by atoms with Gasteiger partial charge < -0.3 is 24.3 Å². The lowest BCUT2D eigenvalue weighted by Gasteiger charge is -2.27. The van der Waals surface area contributed by atoms with Crippen molar-refractivity contribution in [2.45, 2.75) is 91.1 Å². The highest BCUT2D eigenvalue weighted by Crippen LogP contribution is 2.20. The molecule has 0 unspecified atom stereocenters. The van der Waals surface area contributed by atoms with Gasteiger partial charge in [0.25, 0.3) is 0 Å². The Hall–Kier alpha value is -2.61. The van der Waals surface area contributed by atoms with E-state index in [1.165, 1.54) is 7.11 Å². The summed E-state index contributed by atoms with van der Waals surface area (Å²) in [6, 6.07) is 8.42. The monoisotopic (exact) mass is 479 g/mol. The first-order valence-electron chi connectivity index (χ1n) is 11.9. The van der Waals surface area contributed by atoms with Crippen LogP contribution >= 0.6 is 0 Å².